The van der Waals surface area contributed by atoms with E-state index >= 15 is 0 Å². The van der Waals surface area contributed by atoms with Gasteiger partial charge in [-0.05, 0) is 44.2 Å². The van der Waals surface area contributed by atoms with E-state index in [2.05, 4.69) is 51.4 Å². The smallest absolute Gasteiger partial charge is 0.191 e. The Labute approximate surface area is 181 Å². The largest absolute Gasteiger partial charge is 0.378 e. The lowest BCUT2D eigenvalue weighted by Gasteiger charge is -2.22. The molecule has 0 atom stereocenters. The molecular formula is C24H37N5O. The standard InChI is InChI=1S/C24H37N5O/c1-3-25-24(27-13-8-16-30-23-11-5-4-6-12-23)28-18-21-9-7-10-22(17-21)19-29-15-14-26-20(29)2/h7,9-10,14-15,17,23H,3-6,8,11-13,16,18-19H2,1-2H3,(H2,25,27,28). The molecule has 0 radical (unpaired) electrons. The number of aryl methyl sites for hydroxylation is 1. The van der Waals surface area contributed by atoms with Crippen LogP contribution in [0, 0.1) is 6.92 Å². The monoisotopic (exact) mass is 411 g/mol. The second-order valence-electron chi connectivity index (χ2n) is 8.03. The lowest BCUT2D eigenvalue weighted by atomic mass is 9.98. The van der Waals surface area contributed by atoms with Gasteiger partial charge in [0.2, 0.25) is 0 Å². The fourth-order valence-corrected chi connectivity index (χ4v) is 3.87. The van der Waals surface area contributed by atoms with Crippen LogP contribution < -0.4 is 10.6 Å². The molecule has 0 amide bonds. The molecule has 1 aromatic carbocycles. The van der Waals surface area contributed by atoms with E-state index in [9.17, 15) is 0 Å². The van der Waals surface area contributed by atoms with Crippen molar-refractivity contribution in [1.82, 2.24) is 20.2 Å². The van der Waals surface area contributed by atoms with Crippen molar-refractivity contribution in [2.75, 3.05) is 19.7 Å². The lowest BCUT2D eigenvalue weighted by molar-refractivity contribution is 0.0277. The van der Waals surface area contributed by atoms with E-state index in [1.54, 1.807) is 0 Å². The van der Waals surface area contributed by atoms with E-state index in [0.717, 1.165) is 44.4 Å². The average molecular weight is 412 g/mol. The van der Waals surface area contributed by atoms with Crippen molar-refractivity contribution in [3.63, 3.8) is 0 Å². The Morgan fingerprint density at radius 3 is 2.80 bits per heavy atom. The summed E-state index contributed by atoms with van der Waals surface area (Å²) >= 11 is 0. The van der Waals surface area contributed by atoms with Gasteiger partial charge in [0.15, 0.2) is 5.96 Å². The molecule has 2 N–H and O–H groups in total. The third-order valence-corrected chi connectivity index (χ3v) is 5.55. The highest BCUT2D eigenvalue weighted by Crippen LogP contribution is 2.20. The highest BCUT2D eigenvalue weighted by Gasteiger charge is 2.13. The van der Waals surface area contributed by atoms with Crippen LogP contribution in [-0.4, -0.2) is 41.3 Å². The van der Waals surface area contributed by atoms with Gasteiger partial charge in [-0.2, -0.15) is 0 Å². The van der Waals surface area contributed by atoms with Gasteiger partial charge in [0.05, 0.1) is 12.6 Å². The fourth-order valence-electron chi connectivity index (χ4n) is 3.87. The third-order valence-electron chi connectivity index (χ3n) is 5.55. The van der Waals surface area contributed by atoms with Gasteiger partial charge in [0.1, 0.15) is 5.82 Å². The number of ether oxygens (including phenoxy) is 1. The number of benzene rings is 1. The van der Waals surface area contributed by atoms with E-state index in [0.29, 0.717) is 12.6 Å². The molecule has 1 aliphatic rings. The van der Waals surface area contributed by atoms with Crippen LogP contribution in [0.2, 0.25) is 0 Å². The Hall–Kier alpha value is -2.34. The van der Waals surface area contributed by atoms with Gasteiger partial charge in [-0.15, -0.1) is 0 Å². The summed E-state index contributed by atoms with van der Waals surface area (Å²) in [6.45, 7) is 8.17. The van der Waals surface area contributed by atoms with Gasteiger partial charge in [-0.3, -0.25) is 0 Å². The Morgan fingerprint density at radius 2 is 2.03 bits per heavy atom. The van der Waals surface area contributed by atoms with Crippen LogP contribution in [0.1, 0.15) is 62.4 Å². The van der Waals surface area contributed by atoms with Gasteiger partial charge < -0.3 is 19.9 Å². The quantitative estimate of drug-likeness (QED) is 0.352. The SMILES string of the molecule is CCNC(=NCc1cccc(Cn2ccnc2C)c1)NCCCOC1CCCCC1. The second-order valence-corrected chi connectivity index (χ2v) is 8.03. The van der Waals surface area contributed by atoms with Crippen molar-refractivity contribution in [2.24, 2.45) is 4.99 Å². The Bertz CT molecular complexity index is 779. The first kappa shape index (κ1) is 22.3. The van der Waals surface area contributed by atoms with E-state index in [1.165, 1.54) is 43.2 Å². The fraction of sp³-hybridized carbons (Fsp3) is 0.583. The summed E-state index contributed by atoms with van der Waals surface area (Å²) in [4.78, 5) is 9.06. The maximum absolute atomic E-state index is 6.01. The molecular weight excluding hydrogens is 374 g/mol. The molecule has 0 aliphatic heterocycles. The summed E-state index contributed by atoms with van der Waals surface area (Å²) in [6, 6.07) is 8.62. The topological polar surface area (TPSA) is 63.5 Å². The van der Waals surface area contributed by atoms with E-state index in [4.69, 9.17) is 9.73 Å². The maximum Gasteiger partial charge on any atom is 0.191 e. The Morgan fingerprint density at radius 1 is 1.20 bits per heavy atom. The van der Waals surface area contributed by atoms with Crippen molar-refractivity contribution in [3.05, 3.63) is 53.6 Å². The molecule has 0 bridgehead atoms. The summed E-state index contributed by atoms with van der Waals surface area (Å²) in [5, 5.41) is 6.77. The van der Waals surface area contributed by atoms with E-state index < -0.39 is 0 Å². The summed E-state index contributed by atoms with van der Waals surface area (Å²) < 4.78 is 8.17. The number of nitrogens with one attached hydrogen (secondary N) is 2. The van der Waals surface area contributed by atoms with Crippen LogP contribution in [0.25, 0.3) is 0 Å². The van der Waals surface area contributed by atoms with Crippen molar-refractivity contribution in [1.29, 1.82) is 0 Å². The Kier molecular flexibility index (Phi) is 9.22. The summed E-state index contributed by atoms with van der Waals surface area (Å²) in [7, 11) is 0. The van der Waals surface area contributed by atoms with Crippen LogP contribution >= 0.6 is 0 Å². The number of imidazole rings is 1. The van der Waals surface area contributed by atoms with Gasteiger partial charge in [-0.25, -0.2) is 9.98 Å². The number of nitrogens with zero attached hydrogens (tertiary/aromatic N) is 3. The molecule has 1 fully saturated rings. The molecule has 1 aliphatic carbocycles. The second kappa shape index (κ2) is 12.4. The summed E-state index contributed by atoms with van der Waals surface area (Å²) in [6.07, 6.45) is 11.8. The zero-order chi connectivity index (χ0) is 21.0. The molecule has 30 heavy (non-hydrogen) atoms. The normalized spacial score (nSPS) is 15.3. The first-order valence-electron chi connectivity index (χ1n) is 11.4. The van der Waals surface area contributed by atoms with Crippen molar-refractivity contribution < 1.29 is 4.74 Å². The molecule has 0 unspecified atom stereocenters. The molecule has 2 aromatic rings. The van der Waals surface area contributed by atoms with Crippen molar-refractivity contribution >= 4 is 5.96 Å². The van der Waals surface area contributed by atoms with Crippen LogP contribution in [0.4, 0.5) is 0 Å². The first-order valence-corrected chi connectivity index (χ1v) is 11.4. The molecule has 1 heterocycles. The molecule has 0 spiro atoms. The number of hydrogen-bond acceptors (Lipinski definition) is 3. The van der Waals surface area contributed by atoms with Crippen LogP contribution in [0.15, 0.2) is 41.7 Å². The van der Waals surface area contributed by atoms with Crippen molar-refractivity contribution in [2.45, 2.75) is 71.6 Å². The van der Waals surface area contributed by atoms with E-state index in [1.807, 2.05) is 19.3 Å². The number of rotatable bonds is 10. The minimum atomic E-state index is 0.485. The molecule has 0 saturated heterocycles. The zero-order valence-corrected chi connectivity index (χ0v) is 18.6. The summed E-state index contributed by atoms with van der Waals surface area (Å²) in [5.74, 6) is 1.90. The molecule has 6 nitrogen and oxygen atoms in total. The molecule has 6 heteroatoms. The number of hydrogen-bond donors (Lipinski definition) is 2. The average Bonchev–Trinajstić information content (AvgIpc) is 3.17. The third kappa shape index (κ3) is 7.48. The first-order chi connectivity index (χ1) is 14.7. The Balaban J connectivity index is 1.44. The van der Waals surface area contributed by atoms with Crippen LogP contribution in [-0.2, 0) is 17.8 Å². The minimum absolute atomic E-state index is 0.485. The van der Waals surface area contributed by atoms with Crippen LogP contribution in [0.3, 0.4) is 0 Å². The maximum atomic E-state index is 6.01. The number of aliphatic imine (C=N–C) groups is 1. The van der Waals surface area contributed by atoms with Crippen LogP contribution in [0.5, 0.6) is 0 Å². The molecule has 3 rings (SSSR count). The molecule has 1 aromatic heterocycles. The number of aromatic nitrogens is 2. The van der Waals surface area contributed by atoms with Gasteiger partial charge in [-0.1, -0.05) is 43.5 Å². The number of guanidine groups is 1. The highest BCUT2D eigenvalue weighted by molar-refractivity contribution is 5.79. The summed E-state index contributed by atoms with van der Waals surface area (Å²) in [5.41, 5.74) is 2.48. The molecule has 1 saturated carbocycles. The van der Waals surface area contributed by atoms with Gasteiger partial charge in [0.25, 0.3) is 0 Å². The molecule has 164 valence electrons. The van der Waals surface area contributed by atoms with Gasteiger partial charge >= 0.3 is 0 Å². The minimum Gasteiger partial charge on any atom is -0.378 e. The highest BCUT2D eigenvalue weighted by atomic mass is 16.5. The van der Waals surface area contributed by atoms with E-state index in [-0.39, 0.29) is 0 Å². The zero-order valence-electron chi connectivity index (χ0n) is 18.6. The predicted octanol–water partition coefficient (Wildman–Crippen LogP) is 4.03. The van der Waals surface area contributed by atoms with Gasteiger partial charge in [0, 0.05) is 38.6 Å². The lowest BCUT2D eigenvalue weighted by Crippen LogP contribution is -2.38. The predicted molar refractivity (Wildman–Crippen MR) is 123 cm³/mol. The van der Waals surface area contributed by atoms with Crippen molar-refractivity contribution in [3.8, 4) is 0 Å².